The molecular formula is C6H12IN. The van der Waals surface area contributed by atoms with Crippen molar-refractivity contribution in [1.29, 1.82) is 0 Å². The third-order valence-corrected chi connectivity index (χ3v) is 4.01. The molecule has 0 N–H and O–H groups in total. The fourth-order valence-corrected chi connectivity index (χ4v) is 1.74. The van der Waals surface area contributed by atoms with E-state index in [0.29, 0.717) is 0 Å². The van der Waals surface area contributed by atoms with E-state index in [1.807, 2.05) is 0 Å². The average Bonchev–Trinajstić information content (AvgIpc) is 1.98. The van der Waals surface area contributed by atoms with Gasteiger partial charge in [-0.15, -0.1) is 0 Å². The van der Waals surface area contributed by atoms with Gasteiger partial charge in [0.05, 0.1) is 4.05 Å². The van der Waals surface area contributed by atoms with Crippen LogP contribution in [0.2, 0.25) is 0 Å². The van der Waals surface area contributed by atoms with Crippen molar-refractivity contribution in [2.45, 2.75) is 17.4 Å². The third kappa shape index (κ3) is 1.16. The highest BCUT2D eigenvalue weighted by atomic mass is 127. The maximum Gasteiger partial charge on any atom is 0.0642 e. The highest BCUT2D eigenvalue weighted by Gasteiger charge is 2.24. The van der Waals surface area contributed by atoms with Crippen molar-refractivity contribution in [1.82, 2.24) is 4.90 Å². The Morgan fingerprint density at radius 1 is 1.62 bits per heavy atom. The van der Waals surface area contributed by atoms with Gasteiger partial charge < -0.3 is 0 Å². The van der Waals surface area contributed by atoms with Gasteiger partial charge in [0.25, 0.3) is 0 Å². The Balaban J connectivity index is 2.44. The van der Waals surface area contributed by atoms with Crippen molar-refractivity contribution in [2.24, 2.45) is 5.92 Å². The van der Waals surface area contributed by atoms with Gasteiger partial charge in [0.15, 0.2) is 0 Å². The lowest BCUT2D eigenvalue weighted by molar-refractivity contribution is 0.385. The van der Waals surface area contributed by atoms with Crippen LogP contribution in [0.25, 0.3) is 0 Å². The molecule has 0 saturated carbocycles. The molecule has 0 aromatic carbocycles. The number of halogens is 1. The lowest BCUT2D eigenvalue weighted by atomic mass is 10.2. The quantitative estimate of drug-likeness (QED) is 0.344. The molecule has 0 radical (unpaired) electrons. The largest absolute Gasteiger partial charge is 0.294 e. The van der Waals surface area contributed by atoms with Gasteiger partial charge >= 0.3 is 0 Å². The lowest BCUT2D eigenvalue weighted by Crippen LogP contribution is -2.21. The smallest absolute Gasteiger partial charge is 0.0642 e. The van der Waals surface area contributed by atoms with Crippen molar-refractivity contribution in [3.05, 3.63) is 0 Å². The molecule has 0 spiro atoms. The minimum absolute atomic E-state index is 0.785. The molecule has 1 rings (SSSR count). The summed E-state index contributed by atoms with van der Waals surface area (Å²) in [7, 11) is 2.20. The summed E-state index contributed by atoms with van der Waals surface area (Å²) in [5.41, 5.74) is 0. The highest BCUT2D eigenvalue weighted by molar-refractivity contribution is 14.1. The number of likely N-dealkylation sites (tertiary alicyclic amines) is 1. The van der Waals surface area contributed by atoms with Gasteiger partial charge in [0, 0.05) is 0 Å². The minimum Gasteiger partial charge on any atom is -0.294 e. The van der Waals surface area contributed by atoms with E-state index in [1.54, 1.807) is 0 Å². The Morgan fingerprint density at radius 2 is 2.25 bits per heavy atom. The second-order valence-corrected chi connectivity index (χ2v) is 3.90. The van der Waals surface area contributed by atoms with Crippen LogP contribution >= 0.6 is 22.6 Å². The van der Waals surface area contributed by atoms with Gasteiger partial charge in [0.1, 0.15) is 0 Å². The second-order valence-electron chi connectivity index (χ2n) is 2.62. The number of hydrogen-bond acceptors (Lipinski definition) is 1. The van der Waals surface area contributed by atoms with Crippen LogP contribution < -0.4 is 0 Å². The van der Waals surface area contributed by atoms with E-state index < -0.39 is 0 Å². The normalized spacial score (nSPS) is 40.9. The Labute approximate surface area is 64.6 Å². The van der Waals surface area contributed by atoms with Crippen molar-refractivity contribution < 1.29 is 0 Å². The van der Waals surface area contributed by atoms with Crippen LogP contribution in [0.5, 0.6) is 0 Å². The van der Waals surface area contributed by atoms with Crippen molar-refractivity contribution >= 4 is 22.6 Å². The Bertz CT molecular complexity index is 74.6. The van der Waals surface area contributed by atoms with Gasteiger partial charge in [-0.2, -0.15) is 0 Å². The van der Waals surface area contributed by atoms with Crippen LogP contribution in [0.4, 0.5) is 0 Å². The van der Waals surface area contributed by atoms with Crippen LogP contribution in [0.15, 0.2) is 0 Å². The molecule has 2 atom stereocenters. The first kappa shape index (κ1) is 6.81. The average molecular weight is 225 g/mol. The molecule has 1 fully saturated rings. The summed E-state index contributed by atoms with van der Waals surface area (Å²) in [6.45, 7) is 3.61. The number of nitrogens with zero attached hydrogens (tertiary/aromatic N) is 1. The summed E-state index contributed by atoms with van der Waals surface area (Å²) >= 11 is 2.51. The van der Waals surface area contributed by atoms with Gasteiger partial charge in [-0.3, -0.25) is 4.90 Å². The number of alkyl halides is 1. The van der Waals surface area contributed by atoms with Gasteiger partial charge in [-0.25, -0.2) is 0 Å². The second kappa shape index (κ2) is 2.52. The molecule has 0 aliphatic carbocycles. The molecule has 1 aliphatic rings. The van der Waals surface area contributed by atoms with Gasteiger partial charge in [-0.05, 0) is 25.9 Å². The van der Waals surface area contributed by atoms with E-state index in [1.165, 1.54) is 13.0 Å². The first-order chi connectivity index (χ1) is 3.72. The van der Waals surface area contributed by atoms with Crippen LogP contribution in [0, 0.1) is 5.92 Å². The zero-order valence-electron chi connectivity index (χ0n) is 5.39. The van der Waals surface area contributed by atoms with E-state index in [0.717, 1.165) is 9.97 Å². The lowest BCUT2D eigenvalue weighted by Gasteiger charge is -2.14. The summed E-state index contributed by atoms with van der Waals surface area (Å²) in [5, 5.41) is 0. The van der Waals surface area contributed by atoms with E-state index in [2.05, 4.69) is 41.5 Å². The van der Waals surface area contributed by atoms with Crippen molar-refractivity contribution in [3.63, 3.8) is 0 Å². The van der Waals surface area contributed by atoms with Crippen LogP contribution in [-0.4, -0.2) is 22.5 Å². The molecule has 0 bridgehead atoms. The first-order valence-electron chi connectivity index (χ1n) is 3.06. The summed E-state index contributed by atoms with van der Waals surface area (Å²) in [4.78, 5) is 2.41. The Hall–Kier alpha value is 0.690. The standard InChI is InChI=1S/C6H12IN/c1-5-3-4-8(2)6(5)7/h5-6H,3-4H2,1-2H3. The van der Waals surface area contributed by atoms with E-state index in [-0.39, 0.29) is 0 Å². The van der Waals surface area contributed by atoms with Gasteiger partial charge in [0.2, 0.25) is 0 Å². The molecule has 48 valence electrons. The Kier molecular flexibility index (Phi) is 2.14. The molecule has 1 aliphatic heterocycles. The number of hydrogen-bond donors (Lipinski definition) is 0. The van der Waals surface area contributed by atoms with E-state index in [4.69, 9.17) is 0 Å². The van der Waals surface area contributed by atoms with E-state index in [9.17, 15) is 0 Å². The van der Waals surface area contributed by atoms with Crippen molar-refractivity contribution in [2.75, 3.05) is 13.6 Å². The number of rotatable bonds is 0. The van der Waals surface area contributed by atoms with E-state index >= 15 is 0 Å². The molecule has 2 heteroatoms. The predicted octanol–water partition coefficient (Wildman–Crippen LogP) is 1.72. The maximum absolute atomic E-state index is 2.51. The summed E-state index contributed by atoms with van der Waals surface area (Å²) in [6, 6.07) is 0. The zero-order valence-corrected chi connectivity index (χ0v) is 7.55. The third-order valence-electron chi connectivity index (χ3n) is 1.83. The first-order valence-corrected chi connectivity index (χ1v) is 4.30. The van der Waals surface area contributed by atoms with Crippen LogP contribution in [-0.2, 0) is 0 Å². The minimum atomic E-state index is 0.785. The molecule has 2 unspecified atom stereocenters. The summed E-state index contributed by atoms with van der Waals surface area (Å²) in [5.74, 6) is 0.903. The van der Waals surface area contributed by atoms with Gasteiger partial charge in [-0.1, -0.05) is 29.5 Å². The molecule has 0 amide bonds. The summed E-state index contributed by atoms with van der Waals surface area (Å²) in [6.07, 6.45) is 1.38. The molecule has 8 heavy (non-hydrogen) atoms. The molecular weight excluding hydrogens is 213 g/mol. The van der Waals surface area contributed by atoms with Crippen molar-refractivity contribution in [3.8, 4) is 0 Å². The van der Waals surface area contributed by atoms with Crippen LogP contribution in [0.1, 0.15) is 13.3 Å². The SMILES string of the molecule is CC1CCN(C)C1I. The monoisotopic (exact) mass is 225 g/mol. The van der Waals surface area contributed by atoms with Crippen LogP contribution in [0.3, 0.4) is 0 Å². The molecule has 1 heterocycles. The predicted molar refractivity (Wildman–Crippen MR) is 44.2 cm³/mol. The highest BCUT2D eigenvalue weighted by Crippen LogP contribution is 2.26. The fraction of sp³-hybridized carbons (Fsp3) is 1.00. The topological polar surface area (TPSA) is 3.24 Å². The maximum atomic E-state index is 2.51. The summed E-state index contributed by atoms with van der Waals surface area (Å²) < 4.78 is 0.785. The zero-order chi connectivity index (χ0) is 6.15. The fourth-order valence-electron chi connectivity index (χ4n) is 1.10. The molecule has 0 aromatic rings. The molecule has 1 saturated heterocycles. The molecule has 1 nitrogen and oxygen atoms in total. The Morgan fingerprint density at radius 3 is 2.38 bits per heavy atom. The molecule has 0 aromatic heterocycles.